The van der Waals surface area contributed by atoms with Gasteiger partial charge in [0.2, 0.25) is 0 Å². The fourth-order valence-corrected chi connectivity index (χ4v) is 5.39. The Hall–Kier alpha value is -3.06. The van der Waals surface area contributed by atoms with Gasteiger partial charge in [0, 0.05) is 18.2 Å². The Bertz CT molecular complexity index is 1030. The molecule has 3 aromatic rings. The van der Waals surface area contributed by atoms with Crippen LogP contribution >= 0.6 is 0 Å². The molecule has 1 amide bonds. The summed E-state index contributed by atoms with van der Waals surface area (Å²) in [4.78, 5) is 18.0. The first-order valence-corrected chi connectivity index (χ1v) is 12.2. The number of para-hydroxylation sites is 1. The molecule has 2 aromatic carbocycles. The third kappa shape index (κ3) is 4.98. The van der Waals surface area contributed by atoms with Gasteiger partial charge < -0.3 is 4.90 Å². The van der Waals surface area contributed by atoms with Crippen LogP contribution < -0.4 is 0 Å². The molecule has 0 saturated carbocycles. The van der Waals surface area contributed by atoms with Crippen molar-refractivity contribution in [2.75, 3.05) is 19.6 Å². The van der Waals surface area contributed by atoms with Crippen molar-refractivity contribution in [2.24, 2.45) is 5.92 Å². The van der Waals surface area contributed by atoms with Gasteiger partial charge in [-0.2, -0.15) is 4.68 Å². The van der Waals surface area contributed by atoms with E-state index >= 15 is 0 Å². The van der Waals surface area contributed by atoms with E-state index in [-0.39, 0.29) is 5.91 Å². The smallest absolute Gasteiger partial charge is 0.254 e. The molecule has 7 heteroatoms. The lowest BCUT2D eigenvalue weighted by atomic mass is 9.86. The second kappa shape index (κ2) is 10.3. The maximum absolute atomic E-state index is 13.3. The average molecular weight is 445 g/mol. The molecule has 2 aliphatic rings. The highest BCUT2D eigenvalue weighted by Crippen LogP contribution is 2.31. The highest BCUT2D eigenvalue weighted by molar-refractivity contribution is 5.94. The van der Waals surface area contributed by atoms with E-state index in [4.69, 9.17) is 0 Å². The summed E-state index contributed by atoms with van der Waals surface area (Å²) < 4.78 is 1.83. The Labute approximate surface area is 195 Å². The molecule has 2 fully saturated rings. The number of hydrogen-bond donors (Lipinski definition) is 0. The highest BCUT2D eigenvalue weighted by Gasteiger charge is 2.34. The minimum absolute atomic E-state index is 0.201. The van der Waals surface area contributed by atoms with Gasteiger partial charge >= 0.3 is 0 Å². The lowest BCUT2D eigenvalue weighted by Gasteiger charge is -2.40. The lowest BCUT2D eigenvalue weighted by molar-refractivity contribution is 0.0512. The summed E-state index contributed by atoms with van der Waals surface area (Å²) in [6.07, 6.45) is 6.88. The van der Waals surface area contributed by atoms with Crippen LogP contribution in [0, 0.1) is 5.92 Å². The van der Waals surface area contributed by atoms with Crippen molar-refractivity contribution in [1.29, 1.82) is 0 Å². The number of carbonyl (C=O) groups is 1. The average Bonchev–Trinajstić information content (AvgIpc) is 3.20. The zero-order valence-corrected chi connectivity index (χ0v) is 19.1. The molecular weight excluding hydrogens is 412 g/mol. The maximum atomic E-state index is 13.3. The monoisotopic (exact) mass is 444 g/mol. The molecule has 172 valence electrons. The predicted molar refractivity (Wildman–Crippen MR) is 127 cm³/mol. The third-order valence-electron chi connectivity index (χ3n) is 7.16. The number of aromatic nitrogens is 4. The number of carbonyl (C=O) groups excluding carboxylic acids is 1. The molecule has 0 bridgehead atoms. The van der Waals surface area contributed by atoms with Crippen LogP contribution in [-0.4, -0.2) is 61.6 Å². The molecule has 0 radical (unpaired) electrons. The summed E-state index contributed by atoms with van der Waals surface area (Å²) in [5.74, 6) is 1.62. The molecule has 2 aliphatic heterocycles. The highest BCUT2D eigenvalue weighted by atomic mass is 16.2. The number of nitrogens with zero attached hydrogens (tertiary/aromatic N) is 6. The summed E-state index contributed by atoms with van der Waals surface area (Å²) in [6.45, 7) is 3.64. The Morgan fingerprint density at radius 1 is 0.848 bits per heavy atom. The first kappa shape index (κ1) is 21.8. The van der Waals surface area contributed by atoms with Crippen molar-refractivity contribution in [1.82, 2.24) is 30.0 Å². The van der Waals surface area contributed by atoms with Crippen molar-refractivity contribution in [2.45, 2.75) is 51.1 Å². The van der Waals surface area contributed by atoms with Crippen LogP contribution in [0.1, 0.15) is 54.7 Å². The Morgan fingerprint density at radius 3 is 2.33 bits per heavy atom. The number of benzene rings is 2. The van der Waals surface area contributed by atoms with Gasteiger partial charge in [0.15, 0.2) is 5.82 Å². The van der Waals surface area contributed by atoms with E-state index in [0.29, 0.717) is 12.0 Å². The van der Waals surface area contributed by atoms with Gasteiger partial charge in [-0.15, -0.1) is 5.10 Å². The normalized spacial score (nSPS) is 20.5. The molecule has 7 nitrogen and oxygen atoms in total. The molecule has 0 spiro atoms. The zero-order valence-electron chi connectivity index (χ0n) is 19.1. The molecule has 1 atom stereocenters. The summed E-state index contributed by atoms with van der Waals surface area (Å²) in [7, 11) is 0. The number of amides is 1. The fraction of sp³-hybridized carbons (Fsp3) is 0.462. The van der Waals surface area contributed by atoms with Crippen LogP contribution in [0.4, 0.5) is 0 Å². The van der Waals surface area contributed by atoms with E-state index in [0.717, 1.165) is 68.9 Å². The van der Waals surface area contributed by atoms with Crippen LogP contribution in [0.15, 0.2) is 60.7 Å². The molecule has 0 aliphatic carbocycles. The molecule has 0 unspecified atom stereocenters. The first-order valence-electron chi connectivity index (χ1n) is 12.2. The lowest BCUT2D eigenvalue weighted by Crippen LogP contribution is -2.47. The molecule has 1 aromatic heterocycles. The number of piperidine rings is 1. The number of tetrazole rings is 1. The summed E-state index contributed by atoms with van der Waals surface area (Å²) >= 11 is 0. The fourth-order valence-electron chi connectivity index (χ4n) is 5.39. The van der Waals surface area contributed by atoms with Gasteiger partial charge in [-0.25, -0.2) is 0 Å². The van der Waals surface area contributed by atoms with Crippen molar-refractivity contribution in [3.05, 3.63) is 72.1 Å². The standard InChI is InChI=1S/C26H32N6O/c33-26(22-10-4-1-5-11-22)31-17-9-3-8-14-24(31)21-15-18-30(19-16-21)20-25-27-28-29-32(25)23-12-6-2-7-13-23/h1-2,4-7,10-13,21,24H,3,8-9,14-20H2/t24-/m0/s1. The minimum atomic E-state index is 0.201. The Kier molecular flexibility index (Phi) is 6.76. The van der Waals surface area contributed by atoms with E-state index in [1.165, 1.54) is 12.8 Å². The van der Waals surface area contributed by atoms with Crippen LogP contribution in [-0.2, 0) is 6.54 Å². The molecule has 5 rings (SSSR count). The molecular formula is C26H32N6O. The van der Waals surface area contributed by atoms with E-state index in [1.54, 1.807) is 0 Å². The van der Waals surface area contributed by atoms with Gasteiger partial charge in [0.05, 0.1) is 12.2 Å². The minimum Gasteiger partial charge on any atom is -0.335 e. The Morgan fingerprint density at radius 2 is 1.58 bits per heavy atom. The zero-order chi connectivity index (χ0) is 22.5. The topological polar surface area (TPSA) is 67.2 Å². The van der Waals surface area contributed by atoms with E-state index < -0.39 is 0 Å². The van der Waals surface area contributed by atoms with Crippen LogP contribution in [0.5, 0.6) is 0 Å². The Balaban J connectivity index is 1.24. The number of likely N-dealkylation sites (tertiary alicyclic amines) is 2. The SMILES string of the molecule is O=C(c1ccccc1)N1CCCCC[C@H]1C1CCN(Cc2nnnn2-c2ccccc2)CC1. The van der Waals surface area contributed by atoms with Crippen LogP contribution in [0.2, 0.25) is 0 Å². The summed E-state index contributed by atoms with van der Waals surface area (Å²) in [5.41, 5.74) is 1.80. The first-order chi connectivity index (χ1) is 16.3. The van der Waals surface area contributed by atoms with Crippen LogP contribution in [0.3, 0.4) is 0 Å². The van der Waals surface area contributed by atoms with Gasteiger partial charge in [-0.05, 0) is 79.4 Å². The van der Waals surface area contributed by atoms with Gasteiger partial charge in [-0.1, -0.05) is 49.2 Å². The third-order valence-corrected chi connectivity index (χ3v) is 7.16. The summed E-state index contributed by atoms with van der Waals surface area (Å²) in [6, 6.07) is 20.2. The quantitative estimate of drug-likeness (QED) is 0.596. The number of rotatable bonds is 5. The maximum Gasteiger partial charge on any atom is 0.254 e. The largest absolute Gasteiger partial charge is 0.335 e. The molecule has 0 N–H and O–H groups in total. The molecule has 2 saturated heterocycles. The van der Waals surface area contributed by atoms with Crippen molar-refractivity contribution in [3.8, 4) is 5.69 Å². The van der Waals surface area contributed by atoms with Gasteiger partial charge in [0.1, 0.15) is 0 Å². The molecule has 3 heterocycles. The van der Waals surface area contributed by atoms with E-state index in [1.807, 2.05) is 65.3 Å². The van der Waals surface area contributed by atoms with Gasteiger partial charge in [0.25, 0.3) is 5.91 Å². The molecule has 33 heavy (non-hydrogen) atoms. The van der Waals surface area contributed by atoms with Crippen LogP contribution in [0.25, 0.3) is 5.69 Å². The second-order valence-corrected chi connectivity index (χ2v) is 9.24. The predicted octanol–water partition coefficient (Wildman–Crippen LogP) is 3.96. The second-order valence-electron chi connectivity index (χ2n) is 9.24. The van der Waals surface area contributed by atoms with Crippen molar-refractivity contribution < 1.29 is 4.79 Å². The van der Waals surface area contributed by atoms with Crippen molar-refractivity contribution in [3.63, 3.8) is 0 Å². The summed E-state index contributed by atoms with van der Waals surface area (Å²) in [5, 5.41) is 12.4. The van der Waals surface area contributed by atoms with Crippen molar-refractivity contribution >= 4 is 5.91 Å². The van der Waals surface area contributed by atoms with Gasteiger partial charge in [-0.3, -0.25) is 9.69 Å². The van der Waals surface area contributed by atoms with E-state index in [2.05, 4.69) is 25.3 Å². The number of hydrogen-bond acceptors (Lipinski definition) is 5. The van der Waals surface area contributed by atoms with E-state index in [9.17, 15) is 4.79 Å².